The Balaban J connectivity index is 2.14. The fourth-order valence-electron chi connectivity index (χ4n) is 1.75. The summed E-state index contributed by atoms with van der Waals surface area (Å²) in [5.41, 5.74) is 0.360. The van der Waals surface area contributed by atoms with E-state index in [0.717, 1.165) is 6.42 Å². The van der Waals surface area contributed by atoms with Crippen LogP contribution in [0.25, 0.3) is 0 Å². The highest BCUT2D eigenvalue weighted by Crippen LogP contribution is 2.24. The molecular weight excluding hydrogens is 258 g/mol. The van der Waals surface area contributed by atoms with E-state index in [9.17, 15) is 9.59 Å². The molecule has 1 saturated heterocycles. The molecule has 1 fully saturated rings. The monoisotopic (exact) mass is 269 g/mol. The molecule has 0 bridgehead atoms. The number of carbonyl (C=O) groups is 2. The van der Waals surface area contributed by atoms with Gasteiger partial charge >= 0.3 is 5.97 Å². The van der Waals surface area contributed by atoms with Crippen LogP contribution in [0.5, 0.6) is 0 Å². The van der Waals surface area contributed by atoms with Crippen molar-refractivity contribution in [1.82, 2.24) is 0 Å². The fourth-order valence-corrected chi connectivity index (χ4v) is 1.92. The Morgan fingerprint density at radius 3 is 2.83 bits per heavy atom. The molecule has 1 aliphatic heterocycles. The van der Waals surface area contributed by atoms with Crippen LogP contribution >= 0.6 is 11.6 Å². The van der Waals surface area contributed by atoms with Crippen molar-refractivity contribution >= 4 is 29.2 Å². The SMILES string of the molecule is O=C(O)c1ccc(Cl)c(NC(=O)C2CCCO2)c1. The van der Waals surface area contributed by atoms with Crippen LogP contribution in [-0.2, 0) is 9.53 Å². The Morgan fingerprint density at radius 1 is 1.44 bits per heavy atom. The molecular formula is C12H12ClNO4. The topological polar surface area (TPSA) is 75.6 Å². The van der Waals surface area contributed by atoms with E-state index < -0.39 is 12.1 Å². The third-order valence-corrected chi connectivity index (χ3v) is 3.02. The maximum Gasteiger partial charge on any atom is 0.335 e. The molecule has 6 heteroatoms. The third kappa shape index (κ3) is 2.80. The largest absolute Gasteiger partial charge is 0.478 e. The van der Waals surface area contributed by atoms with Gasteiger partial charge in [-0.1, -0.05) is 11.6 Å². The standard InChI is InChI=1S/C12H12ClNO4/c13-8-4-3-7(12(16)17)6-9(8)14-11(15)10-2-1-5-18-10/h3-4,6,10H,1-2,5H2,(H,14,15)(H,16,17). The lowest BCUT2D eigenvalue weighted by Crippen LogP contribution is -2.27. The predicted molar refractivity (Wildman–Crippen MR) is 66.0 cm³/mol. The van der Waals surface area contributed by atoms with Crippen molar-refractivity contribution in [3.63, 3.8) is 0 Å². The Bertz CT molecular complexity index is 483. The van der Waals surface area contributed by atoms with Crippen LogP contribution in [0.3, 0.4) is 0 Å². The Morgan fingerprint density at radius 2 is 2.22 bits per heavy atom. The van der Waals surface area contributed by atoms with Gasteiger partial charge in [0.15, 0.2) is 0 Å². The molecule has 96 valence electrons. The number of hydrogen-bond acceptors (Lipinski definition) is 3. The summed E-state index contributed by atoms with van der Waals surface area (Å²) in [6, 6.07) is 4.15. The Kier molecular flexibility index (Phi) is 3.84. The summed E-state index contributed by atoms with van der Waals surface area (Å²) < 4.78 is 5.23. The van der Waals surface area contributed by atoms with Gasteiger partial charge in [0.25, 0.3) is 5.91 Å². The molecule has 2 rings (SSSR count). The van der Waals surface area contributed by atoms with Gasteiger partial charge in [0.05, 0.1) is 16.3 Å². The molecule has 0 aromatic heterocycles. The molecule has 1 atom stereocenters. The first kappa shape index (κ1) is 12.9. The van der Waals surface area contributed by atoms with Crippen molar-refractivity contribution in [1.29, 1.82) is 0 Å². The summed E-state index contributed by atoms with van der Waals surface area (Å²) in [7, 11) is 0. The van der Waals surface area contributed by atoms with Crippen molar-refractivity contribution in [3.05, 3.63) is 28.8 Å². The number of hydrogen-bond donors (Lipinski definition) is 2. The minimum Gasteiger partial charge on any atom is -0.478 e. The molecule has 1 aromatic rings. The number of nitrogens with one attached hydrogen (secondary N) is 1. The van der Waals surface area contributed by atoms with Gasteiger partial charge < -0.3 is 15.2 Å². The van der Waals surface area contributed by atoms with E-state index in [1.165, 1.54) is 18.2 Å². The fraction of sp³-hybridized carbons (Fsp3) is 0.333. The van der Waals surface area contributed by atoms with Crippen molar-refractivity contribution in [2.75, 3.05) is 11.9 Å². The number of amides is 1. The summed E-state index contributed by atoms with van der Waals surface area (Å²) in [6.07, 6.45) is 1.04. The minimum atomic E-state index is -1.07. The van der Waals surface area contributed by atoms with Gasteiger partial charge in [0, 0.05) is 6.61 Å². The van der Waals surface area contributed by atoms with Crippen LogP contribution in [0.2, 0.25) is 5.02 Å². The molecule has 18 heavy (non-hydrogen) atoms. The summed E-state index contributed by atoms with van der Waals surface area (Å²) in [5, 5.41) is 11.8. The van der Waals surface area contributed by atoms with Crippen molar-refractivity contribution < 1.29 is 19.4 Å². The lowest BCUT2D eigenvalue weighted by Gasteiger charge is -2.12. The smallest absolute Gasteiger partial charge is 0.335 e. The van der Waals surface area contributed by atoms with E-state index in [-0.39, 0.29) is 17.2 Å². The summed E-state index contributed by atoms with van der Waals surface area (Å²) in [6.45, 7) is 0.570. The first-order chi connectivity index (χ1) is 8.58. The number of halogens is 1. The van der Waals surface area contributed by atoms with Crippen LogP contribution in [0.1, 0.15) is 23.2 Å². The first-order valence-corrected chi connectivity index (χ1v) is 5.91. The lowest BCUT2D eigenvalue weighted by molar-refractivity contribution is -0.124. The van der Waals surface area contributed by atoms with Gasteiger partial charge in [-0.3, -0.25) is 4.79 Å². The number of ether oxygens (including phenoxy) is 1. The molecule has 1 aromatic carbocycles. The molecule has 1 heterocycles. The van der Waals surface area contributed by atoms with E-state index in [4.69, 9.17) is 21.4 Å². The number of rotatable bonds is 3. The summed E-state index contributed by atoms with van der Waals surface area (Å²) >= 11 is 5.90. The zero-order chi connectivity index (χ0) is 13.1. The van der Waals surface area contributed by atoms with Crippen LogP contribution in [0.15, 0.2) is 18.2 Å². The van der Waals surface area contributed by atoms with Crippen LogP contribution in [0, 0.1) is 0 Å². The number of carboxylic acid groups (broad SMARTS) is 1. The minimum absolute atomic E-state index is 0.0713. The number of anilines is 1. The van der Waals surface area contributed by atoms with Gasteiger partial charge in [0.2, 0.25) is 0 Å². The number of aromatic carboxylic acids is 1. The quantitative estimate of drug-likeness (QED) is 0.882. The van der Waals surface area contributed by atoms with Gasteiger partial charge in [-0.05, 0) is 31.0 Å². The second kappa shape index (κ2) is 5.37. The third-order valence-electron chi connectivity index (χ3n) is 2.69. The van der Waals surface area contributed by atoms with Crippen molar-refractivity contribution in [2.45, 2.75) is 18.9 Å². The van der Waals surface area contributed by atoms with Crippen LogP contribution < -0.4 is 5.32 Å². The number of carbonyl (C=O) groups excluding carboxylic acids is 1. The Hall–Kier alpha value is -1.59. The van der Waals surface area contributed by atoms with Crippen molar-refractivity contribution in [2.24, 2.45) is 0 Å². The second-order valence-electron chi connectivity index (χ2n) is 3.99. The van der Waals surface area contributed by atoms with E-state index in [2.05, 4.69) is 5.32 Å². The zero-order valence-corrected chi connectivity index (χ0v) is 10.2. The molecule has 0 radical (unpaired) electrons. The van der Waals surface area contributed by atoms with Gasteiger partial charge in [-0.2, -0.15) is 0 Å². The molecule has 2 N–H and O–H groups in total. The normalized spacial score (nSPS) is 18.6. The second-order valence-corrected chi connectivity index (χ2v) is 4.40. The molecule has 1 amide bonds. The molecule has 0 spiro atoms. The summed E-state index contributed by atoms with van der Waals surface area (Å²) in [5.74, 6) is -1.36. The average Bonchev–Trinajstić information content (AvgIpc) is 2.85. The lowest BCUT2D eigenvalue weighted by atomic mass is 10.2. The Labute approximate surface area is 109 Å². The molecule has 0 aliphatic carbocycles. The number of carboxylic acids is 1. The molecule has 5 nitrogen and oxygen atoms in total. The van der Waals surface area contributed by atoms with E-state index in [1.807, 2.05) is 0 Å². The van der Waals surface area contributed by atoms with E-state index in [0.29, 0.717) is 18.1 Å². The molecule has 1 aliphatic rings. The summed E-state index contributed by atoms with van der Waals surface area (Å²) in [4.78, 5) is 22.6. The molecule has 0 saturated carbocycles. The maximum absolute atomic E-state index is 11.8. The van der Waals surface area contributed by atoms with Gasteiger partial charge in [-0.25, -0.2) is 4.79 Å². The van der Waals surface area contributed by atoms with Gasteiger partial charge in [0.1, 0.15) is 6.10 Å². The zero-order valence-electron chi connectivity index (χ0n) is 9.48. The highest BCUT2D eigenvalue weighted by Gasteiger charge is 2.24. The van der Waals surface area contributed by atoms with Crippen molar-refractivity contribution in [3.8, 4) is 0 Å². The van der Waals surface area contributed by atoms with Crippen LogP contribution in [-0.4, -0.2) is 29.7 Å². The number of benzene rings is 1. The van der Waals surface area contributed by atoms with Gasteiger partial charge in [-0.15, -0.1) is 0 Å². The van der Waals surface area contributed by atoms with E-state index >= 15 is 0 Å². The highest BCUT2D eigenvalue weighted by atomic mass is 35.5. The van der Waals surface area contributed by atoms with E-state index in [1.54, 1.807) is 0 Å². The van der Waals surface area contributed by atoms with Crippen LogP contribution in [0.4, 0.5) is 5.69 Å². The highest BCUT2D eigenvalue weighted by molar-refractivity contribution is 6.33. The average molecular weight is 270 g/mol. The first-order valence-electron chi connectivity index (χ1n) is 5.53. The molecule has 1 unspecified atom stereocenters. The maximum atomic E-state index is 11.8. The predicted octanol–water partition coefficient (Wildman–Crippen LogP) is 2.16.